The van der Waals surface area contributed by atoms with E-state index in [-0.39, 0.29) is 12.3 Å². The molecule has 0 atom stereocenters. The van der Waals surface area contributed by atoms with Crippen LogP contribution in [-0.2, 0) is 11.2 Å². The van der Waals surface area contributed by atoms with Gasteiger partial charge in [-0.3, -0.25) is 9.59 Å². The highest BCUT2D eigenvalue weighted by molar-refractivity contribution is 5.98. The zero-order valence-electron chi connectivity index (χ0n) is 11.8. The van der Waals surface area contributed by atoms with Crippen molar-refractivity contribution in [3.63, 3.8) is 0 Å². The van der Waals surface area contributed by atoms with Crippen molar-refractivity contribution in [2.75, 3.05) is 5.32 Å². The summed E-state index contributed by atoms with van der Waals surface area (Å²) in [6.45, 7) is 0. The fourth-order valence-electron chi connectivity index (χ4n) is 2.41. The summed E-state index contributed by atoms with van der Waals surface area (Å²) in [4.78, 5) is 26.5. The lowest BCUT2D eigenvalue weighted by atomic mass is 10.1. The van der Waals surface area contributed by atoms with Crippen molar-refractivity contribution in [2.45, 2.75) is 6.42 Å². The third kappa shape index (κ3) is 2.83. The number of hydrogen-bond acceptors (Lipinski definition) is 2. The van der Waals surface area contributed by atoms with Crippen molar-refractivity contribution < 1.29 is 9.59 Å². The van der Waals surface area contributed by atoms with Crippen molar-refractivity contribution in [1.29, 1.82) is 0 Å². The number of aromatic amines is 1. The second kappa shape index (κ2) is 5.73. The van der Waals surface area contributed by atoms with Gasteiger partial charge in [0.2, 0.25) is 11.8 Å². The molecule has 3 aromatic rings. The molecule has 3 rings (SSSR count). The molecule has 0 fully saturated rings. The Morgan fingerprint density at radius 3 is 2.73 bits per heavy atom. The number of nitrogens with two attached hydrogens (primary N) is 1. The van der Waals surface area contributed by atoms with Gasteiger partial charge in [0.05, 0.1) is 6.42 Å². The molecular weight excluding hydrogens is 278 g/mol. The molecule has 0 unspecified atom stereocenters. The number of carbonyl (C=O) groups is 2. The summed E-state index contributed by atoms with van der Waals surface area (Å²) in [5, 5.41) is 3.81. The van der Waals surface area contributed by atoms with E-state index in [1.54, 1.807) is 24.3 Å². The van der Waals surface area contributed by atoms with Crippen molar-refractivity contribution in [3.8, 4) is 0 Å². The predicted octanol–water partition coefficient (Wildman–Crippen LogP) is 2.45. The lowest BCUT2D eigenvalue weighted by molar-refractivity contribution is -0.115. The van der Waals surface area contributed by atoms with Crippen LogP contribution in [0.5, 0.6) is 0 Å². The number of para-hydroxylation sites is 1. The summed E-state index contributed by atoms with van der Waals surface area (Å²) >= 11 is 0. The van der Waals surface area contributed by atoms with Gasteiger partial charge in [0, 0.05) is 28.4 Å². The summed E-state index contributed by atoms with van der Waals surface area (Å²) in [6.07, 6.45) is 2.09. The first-order valence-electron chi connectivity index (χ1n) is 6.88. The molecule has 0 saturated heterocycles. The number of hydrogen-bond donors (Lipinski definition) is 3. The van der Waals surface area contributed by atoms with Crippen LogP contribution < -0.4 is 11.1 Å². The molecule has 0 spiro atoms. The molecule has 1 heterocycles. The zero-order valence-corrected chi connectivity index (χ0v) is 11.8. The Labute approximate surface area is 127 Å². The molecule has 0 aliphatic heterocycles. The number of fused-ring (bicyclic) bond motifs is 1. The van der Waals surface area contributed by atoms with Gasteiger partial charge in [-0.25, -0.2) is 0 Å². The Hall–Kier alpha value is -3.08. The van der Waals surface area contributed by atoms with Crippen LogP contribution in [0.4, 0.5) is 5.69 Å². The van der Waals surface area contributed by atoms with Crippen LogP contribution in [0.3, 0.4) is 0 Å². The second-order valence-electron chi connectivity index (χ2n) is 5.03. The first-order chi connectivity index (χ1) is 10.6. The number of anilines is 1. The molecule has 0 saturated carbocycles. The Balaban J connectivity index is 1.75. The minimum Gasteiger partial charge on any atom is -0.366 e. The van der Waals surface area contributed by atoms with Gasteiger partial charge in [-0.15, -0.1) is 0 Å². The molecule has 5 heteroatoms. The van der Waals surface area contributed by atoms with Crippen molar-refractivity contribution >= 4 is 28.4 Å². The summed E-state index contributed by atoms with van der Waals surface area (Å²) in [5.74, 6) is -0.667. The summed E-state index contributed by atoms with van der Waals surface area (Å²) in [7, 11) is 0. The molecular formula is C17H15N3O2. The van der Waals surface area contributed by atoms with E-state index in [1.807, 2.05) is 30.5 Å². The third-order valence-electron chi connectivity index (χ3n) is 3.46. The fraction of sp³-hybridized carbons (Fsp3) is 0.0588. The quantitative estimate of drug-likeness (QED) is 0.690. The highest BCUT2D eigenvalue weighted by atomic mass is 16.2. The molecule has 1 aromatic heterocycles. The number of primary amides is 1. The Morgan fingerprint density at radius 2 is 1.91 bits per heavy atom. The van der Waals surface area contributed by atoms with Crippen LogP contribution in [0.2, 0.25) is 0 Å². The van der Waals surface area contributed by atoms with E-state index in [1.165, 1.54) is 0 Å². The van der Waals surface area contributed by atoms with Gasteiger partial charge in [-0.05, 0) is 29.8 Å². The maximum atomic E-state index is 12.2. The zero-order chi connectivity index (χ0) is 15.5. The summed E-state index contributed by atoms with van der Waals surface area (Å²) < 4.78 is 0. The average molecular weight is 293 g/mol. The SMILES string of the molecule is NC(=O)c1cccc(NC(=O)Cc2c[nH]c3ccccc23)c1. The van der Waals surface area contributed by atoms with E-state index in [0.29, 0.717) is 11.3 Å². The second-order valence-corrected chi connectivity index (χ2v) is 5.03. The number of rotatable bonds is 4. The molecule has 110 valence electrons. The number of benzene rings is 2. The standard InChI is InChI=1S/C17H15N3O2/c18-17(22)11-4-3-5-13(8-11)20-16(21)9-12-10-19-15-7-2-1-6-14(12)15/h1-8,10,19H,9H2,(H2,18,22)(H,20,21). The molecule has 5 nitrogen and oxygen atoms in total. The molecule has 2 amide bonds. The van der Waals surface area contributed by atoms with Gasteiger partial charge in [0.1, 0.15) is 0 Å². The minimum atomic E-state index is -0.521. The van der Waals surface area contributed by atoms with Crippen LogP contribution in [0, 0.1) is 0 Å². The van der Waals surface area contributed by atoms with Crippen LogP contribution in [-0.4, -0.2) is 16.8 Å². The van der Waals surface area contributed by atoms with E-state index < -0.39 is 5.91 Å². The Kier molecular flexibility index (Phi) is 3.62. The average Bonchev–Trinajstić information content (AvgIpc) is 2.91. The maximum Gasteiger partial charge on any atom is 0.248 e. The van der Waals surface area contributed by atoms with Gasteiger partial charge >= 0.3 is 0 Å². The van der Waals surface area contributed by atoms with E-state index in [4.69, 9.17) is 5.73 Å². The van der Waals surface area contributed by atoms with Crippen molar-refractivity contribution in [3.05, 3.63) is 65.9 Å². The molecule has 2 aromatic carbocycles. The molecule has 0 aliphatic carbocycles. The van der Waals surface area contributed by atoms with Gasteiger partial charge < -0.3 is 16.0 Å². The number of H-pyrrole nitrogens is 1. The molecule has 0 aliphatic rings. The van der Waals surface area contributed by atoms with E-state index >= 15 is 0 Å². The molecule has 4 N–H and O–H groups in total. The maximum absolute atomic E-state index is 12.2. The van der Waals surface area contributed by atoms with Gasteiger partial charge in [-0.2, -0.15) is 0 Å². The first-order valence-corrected chi connectivity index (χ1v) is 6.88. The van der Waals surface area contributed by atoms with Crippen molar-refractivity contribution in [2.24, 2.45) is 5.73 Å². The Morgan fingerprint density at radius 1 is 1.09 bits per heavy atom. The molecule has 0 radical (unpaired) electrons. The van der Waals surface area contributed by atoms with Gasteiger partial charge in [0.15, 0.2) is 0 Å². The third-order valence-corrected chi connectivity index (χ3v) is 3.46. The van der Waals surface area contributed by atoms with Crippen LogP contribution in [0.1, 0.15) is 15.9 Å². The smallest absolute Gasteiger partial charge is 0.248 e. The van der Waals surface area contributed by atoms with E-state index in [0.717, 1.165) is 16.5 Å². The Bertz CT molecular complexity index is 852. The lowest BCUT2D eigenvalue weighted by Gasteiger charge is -2.06. The minimum absolute atomic E-state index is 0.147. The van der Waals surface area contributed by atoms with E-state index in [2.05, 4.69) is 10.3 Å². The predicted molar refractivity (Wildman–Crippen MR) is 85.6 cm³/mol. The van der Waals surface area contributed by atoms with Crippen molar-refractivity contribution in [1.82, 2.24) is 4.98 Å². The van der Waals surface area contributed by atoms with Crippen LogP contribution in [0.25, 0.3) is 10.9 Å². The largest absolute Gasteiger partial charge is 0.366 e. The fourth-order valence-corrected chi connectivity index (χ4v) is 2.41. The number of carbonyl (C=O) groups excluding carboxylic acids is 2. The highest BCUT2D eigenvalue weighted by Crippen LogP contribution is 2.19. The number of amides is 2. The first kappa shape index (κ1) is 13.9. The highest BCUT2D eigenvalue weighted by Gasteiger charge is 2.09. The summed E-state index contributed by atoms with van der Waals surface area (Å²) in [5.41, 5.74) is 8.08. The lowest BCUT2D eigenvalue weighted by Crippen LogP contribution is -2.15. The van der Waals surface area contributed by atoms with Crippen LogP contribution >= 0.6 is 0 Å². The normalized spacial score (nSPS) is 10.5. The molecule has 22 heavy (non-hydrogen) atoms. The molecule has 0 bridgehead atoms. The van der Waals surface area contributed by atoms with E-state index in [9.17, 15) is 9.59 Å². The van der Waals surface area contributed by atoms with Gasteiger partial charge in [-0.1, -0.05) is 24.3 Å². The topological polar surface area (TPSA) is 88.0 Å². The van der Waals surface area contributed by atoms with Crippen LogP contribution in [0.15, 0.2) is 54.7 Å². The number of nitrogens with one attached hydrogen (secondary N) is 2. The number of aromatic nitrogens is 1. The van der Waals surface area contributed by atoms with Gasteiger partial charge in [0.25, 0.3) is 0 Å². The monoisotopic (exact) mass is 293 g/mol. The summed E-state index contributed by atoms with van der Waals surface area (Å²) in [6, 6.07) is 14.4.